The normalized spacial score (nSPS) is 9.23. The molecule has 1 rings (SSSR count). The molecule has 0 atom stereocenters. The van der Waals surface area contributed by atoms with E-state index in [0.717, 1.165) is 0 Å². The number of hydrogen-bond acceptors (Lipinski definition) is 4. The number of carbonyl (C=O) groups excluding carboxylic acids is 1. The molecule has 4 nitrogen and oxygen atoms in total. The van der Waals surface area contributed by atoms with Gasteiger partial charge in [-0.1, -0.05) is 6.58 Å². The summed E-state index contributed by atoms with van der Waals surface area (Å²) in [4.78, 5) is 10.9. The summed E-state index contributed by atoms with van der Waals surface area (Å²) in [6, 6.07) is 6.41. The van der Waals surface area contributed by atoms with Gasteiger partial charge in [-0.05, 0) is 24.3 Å². The largest absolute Gasteiger partial charge is 0.422 e. The van der Waals surface area contributed by atoms with E-state index in [2.05, 4.69) is 6.58 Å². The molecule has 0 amide bonds. The van der Waals surface area contributed by atoms with Crippen molar-refractivity contribution < 1.29 is 9.53 Å². The summed E-state index contributed by atoms with van der Waals surface area (Å²) in [5, 5.41) is 0. The molecule has 1 aromatic carbocycles. The minimum Gasteiger partial charge on any atom is -0.422 e. The zero-order chi connectivity index (χ0) is 9.84. The fourth-order valence-corrected chi connectivity index (χ4v) is 0.708. The Morgan fingerprint density at radius 1 is 1.31 bits per heavy atom. The number of esters is 1. The molecule has 0 aliphatic heterocycles. The Morgan fingerprint density at radius 3 is 2.31 bits per heavy atom. The van der Waals surface area contributed by atoms with E-state index >= 15 is 0 Å². The molecular weight excluding hydrogens is 168 g/mol. The molecular formula is C9H10N2O2. The van der Waals surface area contributed by atoms with Gasteiger partial charge >= 0.3 is 5.97 Å². The molecule has 68 valence electrons. The van der Waals surface area contributed by atoms with E-state index < -0.39 is 5.97 Å². The second-order valence-electron chi connectivity index (χ2n) is 2.48. The number of ether oxygens (including phenoxy) is 1. The summed E-state index contributed by atoms with van der Waals surface area (Å²) in [5.41, 5.74) is 11.0. The second-order valence-corrected chi connectivity index (χ2v) is 2.48. The van der Waals surface area contributed by atoms with Crippen LogP contribution in [0.5, 0.6) is 5.75 Å². The van der Waals surface area contributed by atoms with E-state index in [1.165, 1.54) is 0 Å². The van der Waals surface area contributed by atoms with Crippen LogP contribution in [0.15, 0.2) is 36.5 Å². The van der Waals surface area contributed by atoms with Crippen molar-refractivity contribution in [3.8, 4) is 5.75 Å². The Balaban J connectivity index is 2.70. The highest BCUT2D eigenvalue weighted by molar-refractivity contribution is 5.88. The molecule has 4 N–H and O–H groups in total. The third kappa shape index (κ3) is 2.52. The van der Waals surface area contributed by atoms with Gasteiger partial charge in [-0.25, -0.2) is 4.79 Å². The maximum Gasteiger partial charge on any atom is 0.358 e. The highest BCUT2D eigenvalue weighted by Gasteiger charge is 2.04. The quantitative estimate of drug-likeness (QED) is 0.301. The number of anilines is 1. The van der Waals surface area contributed by atoms with Crippen LogP contribution in [0.3, 0.4) is 0 Å². The van der Waals surface area contributed by atoms with Gasteiger partial charge in [0.2, 0.25) is 0 Å². The van der Waals surface area contributed by atoms with E-state index in [4.69, 9.17) is 16.2 Å². The van der Waals surface area contributed by atoms with E-state index in [-0.39, 0.29) is 5.70 Å². The number of nitrogen functional groups attached to an aromatic ring is 1. The lowest BCUT2D eigenvalue weighted by atomic mass is 10.3. The first-order valence-electron chi connectivity index (χ1n) is 3.61. The van der Waals surface area contributed by atoms with Gasteiger partial charge in [0.25, 0.3) is 0 Å². The zero-order valence-electron chi connectivity index (χ0n) is 6.99. The molecule has 0 aliphatic carbocycles. The number of carbonyl (C=O) groups is 1. The molecule has 0 spiro atoms. The lowest BCUT2D eigenvalue weighted by molar-refractivity contribution is -0.130. The maximum atomic E-state index is 10.9. The molecule has 0 radical (unpaired) electrons. The van der Waals surface area contributed by atoms with E-state index in [0.29, 0.717) is 11.4 Å². The molecule has 13 heavy (non-hydrogen) atoms. The third-order valence-electron chi connectivity index (χ3n) is 1.35. The predicted molar refractivity (Wildman–Crippen MR) is 49.8 cm³/mol. The first-order valence-corrected chi connectivity index (χ1v) is 3.61. The standard InChI is InChI=1S/C9H10N2O2/c1-6(10)9(12)13-8-4-2-7(11)3-5-8/h2-5H,1,10-11H2. The van der Waals surface area contributed by atoms with Gasteiger partial charge in [-0.3, -0.25) is 0 Å². The van der Waals surface area contributed by atoms with Crippen molar-refractivity contribution in [3.63, 3.8) is 0 Å². The van der Waals surface area contributed by atoms with Gasteiger partial charge in [0.05, 0.1) is 0 Å². The maximum absolute atomic E-state index is 10.9. The van der Waals surface area contributed by atoms with Gasteiger partial charge in [0.1, 0.15) is 11.4 Å². The van der Waals surface area contributed by atoms with Crippen molar-refractivity contribution in [1.29, 1.82) is 0 Å². The van der Waals surface area contributed by atoms with Crippen molar-refractivity contribution in [2.45, 2.75) is 0 Å². The van der Waals surface area contributed by atoms with Gasteiger partial charge in [-0.15, -0.1) is 0 Å². The summed E-state index contributed by atoms with van der Waals surface area (Å²) < 4.78 is 4.81. The zero-order valence-corrected chi connectivity index (χ0v) is 6.99. The van der Waals surface area contributed by atoms with Gasteiger partial charge in [0, 0.05) is 5.69 Å². The number of hydrogen-bond donors (Lipinski definition) is 2. The number of benzene rings is 1. The Hall–Kier alpha value is -1.97. The lowest BCUT2D eigenvalue weighted by Crippen LogP contribution is -2.16. The Morgan fingerprint density at radius 2 is 1.85 bits per heavy atom. The summed E-state index contributed by atoms with van der Waals surface area (Å²) in [5.74, 6) is -0.254. The molecule has 0 aromatic heterocycles. The van der Waals surface area contributed by atoms with Crippen LogP contribution in [0, 0.1) is 0 Å². The van der Waals surface area contributed by atoms with Crippen LogP contribution >= 0.6 is 0 Å². The number of rotatable bonds is 2. The Bertz CT molecular complexity index is 330. The molecule has 4 heteroatoms. The fourth-order valence-electron chi connectivity index (χ4n) is 0.708. The Labute approximate surface area is 75.8 Å². The molecule has 0 saturated carbocycles. The fraction of sp³-hybridized carbons (Fsp3) is 0. The molecule has 1 aromatic rings. The first-order chi connectivity index (χ1) is 6.09. The molecule has 0 saturated heterocycles. The highest BCUT2D eigenvalue weighted by atomic mass is 16.5. The average Bonchev–Trinajstić information content (AvgIpc) is 2.08. The van der Waals surface area contributed by atoms with E-state index in [1.807, 2.05) is 0 Å². The van der Waals surface area contributed by atoms with Crippen LogP contribution in [-0.4, -0.2) is 5.97 Å². The van der Waals surface area contributed by atoms with Gasteiger partial charge in [0.15, 0.2) is 0 Å². The lowest BCUT2D eigenvalue weighted by Gasteiger charge is -2.02. The Kier molecular flexibility index (Phi) is 2.54. The molecule has 0 heterocycles. The average molecular weight is 178 g/mol. The molecule has 0 fully saturated rings. The third-order valence-corrected chi connectivity index (χ3v) is 1.35. The van der Waals surface area contributed by atoms with Crippen molar-refractivity contribution in [3.05, 3.63) is 36.5 Å². The van der Waals surface area contributed by atoms with Crippen LogP contribution in [0.4, 0.5) is 5.69 Å². The van der Waals surface area contributed by atoms with E-state index in [9.17, 15) is 4.79 Å². The monoisotopic (exact) mass is 178 g/mol. The summed E-state index contributed by atoms with van der Waals surface area (Å²) >= 11 is 0. The smallest absolute Gasteiger partial charge is 0.358 e. The molecule has 0 bridgehead atoms. The van der Waals surface area contributed by atoms with Crippen molar-refractivity contribution >= 4 is 11.7 Å². The first kappa shape index (κ1) is 9.12. The van der Waals surface area contributed by atoms with Crippen LogP contribution in [0.1, 0.15) is 0 Å². The minimum atomic E-state index is -0.648. The van der Waals surface area contributed by atoms with Gasteiger partial charge in [-0.2, -0.15) is 0 Å². The summed E-state index contributed by atoms with van der Waals surface area (Å²) in [6.45, 7) is 3.25. The van der Waals surface area contributed by atoms with Crippen LogP contribution in [0.25, 0.3) is 0 Å². The summed E-state index contributed by atoms with van der Waals surface area (Å²) in [7, 11) is 0. The summed E-state index contributed by atoms with van der Waals surface area (Å²) in [6.07, 6.45) is 0. The number of nitrogens with two attached hydrogens (primary N) is 2. The molecule has 0 aliphatic rings. The van der Waals surface area contributed by atoms with Crippen LogP contribution in [-0.2, 0) is 4.79 Å². The molecule has 0 unspecified atom stereocenters. The second kappa shape index (κ2) is 3.62. The predicted octanol–water partition coefficient (Wildman–Crippen LogP) is 0.647. The SMILES string of the molecule is C=C(N)C(=O)Oc1ccc(N)cc1. The van der Waals surface area contributed by atoms with Crippen molar-refractivity contribution in [1.82, 2.24) is 0 Å². The van der Waals surface area contributed by atoms with Crippen molar-refractivity contribution in [2.75, 3.05) is 5.73 Å². The van der Waals surface area contributed by atoms with Gasteiger partial charge < -0.3 is 16.2 Å². The van der Waals surface area contributed by atoms with Crippen LogP contribution in [0.2, 0.25) is 0 Å². The van der Waals surface area contributed by atoms with E-state index in [1.54, 1.807) is 24.3 Å². The minimum absolute atomic E-state index is 0.128. The van der Waals surface area contributed by atoms with Crippen molar-refractivity contribution in [2.24, 2.45) is 5.73 Å². The topological polar surface area (TPSA) is 78.3 Å². The highest BCUT2D eigenvalue weighted by Crippen LogP contribution is 2.13. The van der Waals surface area contributed by atoms with Crippen LogP contribution < -0.4 is 16.2 Å².